The fraction of sp³-hybridized carbons (Fsp3) is 0.455. The lowest BCUT2D eigenvalue weighted by Crippen LogP contribution is -2.13. The molecule has 0 bridgehead atoms. The highest BCUT2D eigenvalue weighted by Gasteiger charge is 2.09. The molecule has 2 heterocycles. The SMILES string of the molecule is CCCNc1cn2ccnc2c(NCC(F)F)n1. The van der Waals surface area contributed by atoms with E-state index in [1.165, 1.54) is 0 Å². The van der Waals surface area contributed by atoms with E-state index in [0.29, 0.717) is 17.3 Å². The summed E-state index contributed by atoms with van der Waals surface area (Å²) in [6.45, 7) is 2.38. The summed E-state index contributed by atoms with van der Waals surface area (Å²) in [5.74, 6) is 1.00. The fourth-order valence-electron chi connectivity index (χ4n) is 1.56. The molecule has 0 aliphatic heterocycles. The Kier molecular flexibility index (Phi) is 3.91. The van der Waals surface area contributed by atoms with Crippen LogP contribution in [-0.2, 0) is 0 Å². The minimum atomic E-state index is -2.42. The first kappa shape index (κ1) is 12.5. The first-order valence-electron chi connectivity index (χ1n) is 5.80. The van der Waals surface area contributed by atoms with Crippen LogP contribution >= 0.6 is 0 Å². The molecule has 0 saturated heterocycles. The third kappa shape index (κ3) is 2.85. The Morgan fingerprint density at radius 3 is 2.94 bits per heavy atom. The Labute approximate surface area is 103 Å². The van der Waals surface area contributed by atoms with Gasteiger partial charge in [-0.25, -0.2) is 18.7 Å². The van der Waals surface area contributed by atoms with Crippen molar-refractivity contribution >= 4 is 17.3 Å². The Balaban J connectivity index is 2.26. The van der Waals surface area contributed by atoms with Gasteiger partial charge in [0.15, 0.2) is 11.5 Å². The van der Waals surface area contributed by atoms with Gasteiger partial charge in [0.25, 0.3) is 6.43 Å². The summed E-state index contributed by atoms with van der Waals surface area (Å²) < 4.78 is 26.2. The van der Waals surface area contributed by atoms with Gasteiger partial charge in [0.2, 0.25) is 0 Å². The van der Waals surface area contributed by atoms with Crippen LogP contribution in [0.3, 0.4) is 0 Å². The molecule has 5 nitrogen and oxygen atoms in total. The van der Waals surface area contributed by atoms with Crippen LogP contribution in [0.15, 0.2) is 18.6 Å². The molecule has 0 saturated carbocycles. The summed E-state index contributed by atoms with van der Waals surface area (Å²) in [5.41, 5.74) is 0.540. The molecular weight excluding hydrogens is 240 g/mol. The molecule has 98 valence electrons. The van der Waals surface area contributed by atoms with Crippen molar-refractivity contribution in [1.29, 1.82) is 0 Å². The van der Waals surface area contributed by atoms with Crippen LogP contribution in [0, 0.1) is 0 Å². The zero-order valence-corrected chi connectivity index (χ0v) is 10.0. The van der Waals surface area contributed by atoms with Crippen molar-refractivity contribution in [2.75, 3.05) is 23.7 Å². The first-order chi connectivity index (χ1) is 8.70. The van der Waals surface area contributed by atoms with Gasteiger partial charge < -0.3 is 15.0 Å². The highest BCUT2D eigenvalue weighted by atomic mass is 19.3. The molecule has 0 unspecified atom stereocenters. The van der Waals surface area contributed by atoms with Gasteiger partial charge in [-0.3, -0.25) is 0 Å². The van der Waals surface area contributed by atoms with Crippen molar-refractivity contribution in [2.24, 2.45) is 0 Å². The largest absolute Gasteiger partial charge is 0.369 e. The van der Waals surface area contributed by atoms with Crippen molar-refractivity contribution in [2.45, 2.75) is 19.8 Å². The normalized spacial score (nSPS) is 11.1. The third-order valence-electron chi connectivity index (χ3n) is 2.35. The lowest BCUT2D eigenvalue weighted by Gasteiger charge is -2.10. The van der Waals surface area contributed by atoms with Crippen molar-refractivity contribution in [1.82, 2.24) is 14.4 Å². The monoisotopic (exact) mass is 255 g/mol. The number of imidazole rings is 1. The van der Waals surface area contributed by atoms with Crippen molar-refractivity contribution < 1.29 is 8.78 Å². The number of nitrogens with one attached hydrogen (secondary N) is 2. The molecule has 0 radical (unpaired) electrons. The quantitative estimate of drug-likeness (QED) is 0.831. The van der Waals surface area contributed by atoms with E-state index in [2.05, 4.69) is 20.6 Å². The zero-order valence-electron chi connectivity index (χ0n) is 10.0. The molecule has 0 amide bonds. The molecule has 7 heteroatoms. The maximum absolute atomic E-state index is 12.2. The van der Waals surface area contributed by atoms with Crippen LogP contribution in [0.25, 0.3) is 5.65 Å². The van der Waals surface area contributed by atoms with Gasteiger partial charge >= 0.3 is 0 Å². The number of aromatic nitrogens is 3. The third-order valence-corrected chi connectivity index (χ3v) is 2.35. The minimum absolute atomic E-state index is 0.362. The molecule has 2 aromatic rings. The van der Waals surface area contributed by atoms with Gasteiger partial charge in [0, 0.05) is 18.9 Å². The molecule has 0 atom stereocenters. The number of alkyl halides is 2. The highest BCUT2D eigenvalue weighted by molar-refractivity contribution is 5.65. The van der Waals surface area contributed by atoms with Crippen LogP contribution in [0.4, 0.5) is 20.4 Å². The van der Waals surface area contributed by atoms with E-state index >= 15 is 0 Å². The van der Waals surface area contributed by atoms with Gasteiger partial charge in [-0.05, 0) is 6.42 Å². The predicted octanol–water partition coefficient (Wildman–Crippen LogP) is 2.23. The molecule has 0 spiro atoms. The van der Waals surface area contributed by atoms with E-state index in [9.17, 15) is 8.78 Å². The smallest absolute Gasteiger partial charge is 0.255 e. The van der Waals surface area contributed by atoms with Crippen LogP contribution in [0.1, 0.15) is 13.3 Å². The number of hydrogen-bond acceptors (Lipinski definition) is 4. The Hall–Kier alpha value is -1.92. The Morgan fingerprint density at radius 1 is 1.39 bits per heavy atom. The van der Waals surface area contributed by atoms with E-state index in [1.54, 1.807) is 23.0 Å². The maximum Gasteiger partial charge on any atom is 0.255 e. The second kappa shape index (κ2) is 5.61. The zero-order chi connectivity index (χ0) is 13.0. The van der Waals surface area contributed by atoms with Crippen LogP contribution in [0.2, 0.25) is 0 Å². The van der Waals surface area contributed by atoms with Gasteiger partial charge in [-0.2, -0.15) is 0 Å². The fourth-order valence-corrected chi connectivity index (χ4v) is 1.56. The highest BCUT2D eigenvalue weighted by Crippen LogP contribution is 2.16. The minimum Gasteiger partial charge on any atom is -0.369 e. The summed E-state index contributed by atoms with van der Waals surface area (Å²) in [6, 6.07) is 0. The second-order valence-electron chi connectivity index (χ2n) is 3.83. The summed E-state index contributed by atoms with van der Waals surface area (Å²) >= 11 is 0. The molecule has 2 rings (SSSR count). The molecule has 18 heavy (non-hydrogen) atoms. The average molecular weight is 255 g/mol. The second-order valence-corrected chi connectivity index (χ2v) is 3.83. The number of anilines is 2. The maximum atomic E-state index is 12.2. The molecule has 0 fully saturated rings. The van der Waals surface area contributed by atoms with Gasteiger partial charge in [0.1, 0.15) is 5.82 Å². The summed E-state index contributed by atoms with van der Waals surface area (Å²) in [5, 5.41) is 5.72. The average Bonchev–Trinajstić information content (AvgIpc) is 2.81. The van der Waals surface area contributed by atoms with Crippen LogP contribution < -0.4 is 10.6 Å². The van der Waals surface area contributed by atoms with E-state index in [0.717, 1.165) is 13.0 Å². The first-order valence-corrected chi connectivity index (χ1v) is 5.80. The number of hydrogen-bond donors (Lipinski definition) is 2. The standard InChI is InChI=1S/C11H15F2N5/c1-2-3-14-9-7-18-5-4-15-11(18)10(17-9)16-6-8(12)13/h4-5,7-8,14H,2-3,6H2,1H3,(H,16,17). The van der Waals surface area contributed by atoms with E-state index in [4.69, 9.17) is 0 Å². The van der Waals surface area contributed by atoms with Gasteiger partial charge in [-0.1, -0.05) is 6.92 Å². The molecule has 0 aliphatic carbocycles. The molecule has 0 aromatic carbocycles. The molecule has 0 aliphatic rings. The number of rotatable bonds is 6. The van der Waals surface area contributed by atoms with Crippen molar-refractivity contribution in [3.8, 4) is 0 Å². The number of halogens is 2. The van der Waals surface area contributed by atoms with Gasteiger partial charge in [0.05, 0.1) is 12.7 Å². The lowest BCUT2D eigenvalue weighted by atomic mass is 10.4. The van der Waals surface area contributed by atoms with E-state index in [-0.39, 0.29) is 0 Å². The molecule has 2 aromatic heterocycles. The summed E-state index contributed by atoms with van der Waals surface area (Å²) in [6.07, 6.45) is 3.68. The van der Waals surface area contributed by atoms with Crippen molar-refractivity contribution in [3.05, 3.63) is 18.6 Å². The Bertz CT molecular complexity index is 511. The molecular formula is C11H15F2N5. The van der Waals surface area contributed by atoms with Crippen molar-refractivity contribution in [3.63, 3.8) is 0 Å². The van der Waals surface area contributed by atoms with Crippen LogP contribution in [0.5, 0.6) is 0 Å². The van der Waals surface area contributed by atoms with E-state index in [1.807, 2.05) is 6.92 Å². The van der Waals surface area contributed by atoms with Crippen LogP contribution in [-0.4, -0.2) is 33.9 Å². The number of nitrogens with zero attached hydrogens (tertiary/aromatic N) is 3. The lowest BCUT2D eigenvalue weighted by molar-refractivity contribution is 0.163. The van der Waals surface area contributed by atoms with Gasteiger partial charge in [-0.15, -0.1) is 0 Å². The topological polar surface area (TPSA) is 54.2 Å². The summed E-state index contributed by atoms with van der Waals surface area (Å²) in [4.78, 5) is 8.33. The summed E-state index contributed by atoms with van der Waals surface area (Å²) in [7, 11) is 0. The predicted molar refractivity (Wildman–Crippen MR) is 66.3 cm³/mol. The Morgan fingerprint density at radius 2 is 2.22 bits per heavy atom. The molecule has 2 N–H and O–H groups in total. The van der Waals surface area contributed by atoms with E-state index < -0.39 is 13.0 Å². The number of fused-ring (bicyclic) bond motifs is 1.